The Balaban J connectivity index is 1.46. The smallest absolute Gasteiger partial charge is 0.219 e. The highest BCUT2D eigenvalue weighted by Gasteiger charge is 2.31. The Morgan fingerprint density at radius 1 is 1.15 bits per heavy atom. The van der Waals surface area contributed by atoms with E-state index >= 15 is 0 Å². The third-order valence-electron chi connectivity index (χ3n) is 7.92. The summed E-state index contributed by atoms with van der Waals surface area (Å²) in [5.74, 6) is 1.19. The van der Waals surface area contributed by atoms with Gasteiger partial charge in [0.1, 0.15) is 5.82 Å². The Kier molecular flexibility index (Phi) is 5.52. The Labute approximate surface area is 200 Å². The van der Waals surface area contributed by atoms with Crippen LogP contribution in [0.4, 0.5) is 5.82 Å². The first kappa shape index (κ1) is 21.6. The van der Waals surface area contributed by atoms with E-state index in [1.807, 2.05) is 11.1 Å². The fourth-order valence-electron chi connectivity index (χ4n) is 5.96. The number of aromatic nitrogens is 3. The minimum atomic E-state index is 0.124. The van der Waals surface area contributed by atoms with Gasteiger partial charge < -0.3 is 14.5 Å². The molecule has 1 amide bonds. The number of carbonyl (C=O) groups is 1. The van der Waals surface area contributed by atoms with Crippen molar-refractivity contribution in [1.82, 2.24) is 19.7 Å². The van der Waals surface area contributed by atoms with Crippen LogP contribution in [0, 0.1) is 0 Å². The molecular weight excluding hydrogens is 426 g/mol. The summed E-state index contributed by atoms with van der Waals surface area (Å²) in [4.78, 5) is 21.5. The molecule has 0 N–H and O–H groups in total. The Morgan fingerprint density at radius 3 is 2.76 bits per heavy atom. The van der Waals surface area contributed by atoms with E-state index in [4.69, 9.17) is 14.8 Å². The molecule has 0 bridgehead atoms. The van der Waals surface area contributed by atoms with E-state index < -0.39 is 0 Å². The fraction of sp³-hybridized carbons (Fsp3) is 0.519. The fourth-order valence-corrected chi connectivity index (χ4v) is 5.96. The summed E-state index contributed by atoms with van der Waals surface area (Å²) in [6.45, 7) is 7.96. The number of pyridine rings is 1. The Hall–Kier alpha value is -2.93. The maximum atomic E-state index is 12.2. The van der Waals surface area contributed by atoms with E-state index in [-0.39, 0.29) is 5.91 Å². The molecule has 178 valence electrons. The third-order valence-corrected chi connectivity index (χ3v) is 7.92. The van der Waals surface area contributed by atoms with Gasteiger partial charge in [-0.3, -0.25) is 9.48 Å². The molecule has 0 aliphatic carbocycles. The standard InChI is InChI=1S/C27H33N5O2/c1-18-5-4-11-31(18)26-15-20-6-3-7-22(23(20)16-28-26)27-24-17-30(19(2)33)12-8-25(24)32(29-27)21-9-13-34-14-10-21/h3,6-7,15-16,18,21H,4-5,8-14,17H2,1-2H3/t18-/m0/s1. The molecule has 2 saturated heterocycles. The highest BCUT2D eigenvalue weighted by Crippen LogP contribution is 2.37. The van der Waals surface area contributed by atoms with Crippen LogP contribution >= 0.6 is 0 Å². The average Bonchev–Trinajstić information content (AvgIpc) is 3.47. The molecule has 6 rings (SSSR count). The normalized spacial score (nSPS) is 21.3. The lowest BCUT2D eigenvalue weighted by Crippen LogP contribution is -2.35. The number of hydrogen-bond donors (Lipinski definition) is 0. The van der Waals surface area contributed by atoms with Crippen molar-refractivity contribution in [3.8, 4) is 11.3 Å². The van der Waals surface area contributed by atoms with Crippen molar-refractivity contribution in [2.45, 2.75) is 64.6 Å². The lowest BCUT2D eigenvalue weighted by Gasteiger charge is -2.29. The molecule has 0 saturated carbocycles. The predicted molar refractivity (Wildman–Crippen MR) is 133 cm³/mol. The second-order valence-corrected chi connectivity index (χ2v) is 10.0. The number of anilines is 1. The van der Waals surface area contributed by atoms with Crippen LogP contribution in [0.1, 0.15) is 56.8 Å². The van der Waals surface area contributed by atoms with Crippen LogP contribution in [0.2, 0.25) is 0 Å². The monoisotopic (exact) mass is 459 g/mol. The molecule has 1 aromatic carbocycles. The van der Waals surface area contributed by atoms with Crippen LogP contribution in [0.25, 0.3) is 22.0 Å². The minimum absolute atomic E-state index is 0.124. The van der Waals surface area contributed by atoms with Crippen LogP contribution in [-0.4, -0.2) is 57.9 Å². The summed E-state index contributed by atoms with van der Waals surface area (Å²) in [5.41, 5.74) is 4.59. The third kappa shape index (κ3) is 3.66. The number of rotatable bonds is 3. The van der Waals surface area contributed by atoms with Crippen LogP contribution in [-0.2, 0) is 22.5 Å². The molecular formula is C27H33N5O2. The molecule has 0 unspecified atom stereocenters. The van der Waals surface area contributed by atoms with Crippen molar-refractivity contribution in [3.63, 3.8) is 0 Å². The summed E-state index contributed by atoms with van der Waals surface area (Å²) < 4.78 is 7.88. The van der Waals surface area contributed by atoms with Crippen LogP contribution in [0.3, 0.4) is 0 Å². The van der Waals surface area contributed by atoms with E-state index in [9.17, 15) is 4.79 Å². The van der Waals surface area contributed by atoms with Gasteiger partial charge in [-0.25, -0.2) is 4.98 Å². The molecule has 7 nitrogen and oxygen atoms in total. The van der Waals surface area contributed by atoms with E-state index in [0.29, 0.717) is 18.6 Å². The molecule has 34 heavy (non-hydrogen) atoms. The lowest BCUT2D eigenvalue weighted by atomic mass is 9.97. The lowest BCUT2D eigenvalue weighted by molar-refractivity contribution is -0.129. The maximum Gasteiger partial charge on any atom is 0.219 e. The van der Waals surface area contributed by atoms with E-state index in [0.717, 1.165) is 68.0 Å². The largest absolute Gasteiger partial charge is 0.381 e. The first-order valence-electron chi connectivity index (χ1n) is 12.7. The molecule has 0 spiro atoms. The summed E-state index contributed by atoms with van der Waals surface area (Å²) in [7, 11) is 0. The molecule has 3 aliphatic rings. The van der Waals surface area contributed by atoms with Gasteiger partial charge in [-0.1, -0.05) is 18.2 Å². The van der Waals surface area contributed by atoms with Crippen LogP contribution in [0.5, 0.6) is 0 Å². The van der Waals surface area contributed by atoms with Gasteiger partial charge in [0, 0.05) is 80.6 Å². The SMILES string of the molecule is CC(=O)N1CCc2c(c(-c3cccc4cc(N5CCC[C@@H]5C)ncc34)nn2C2CCOCC2)C1. The van der Waals surface area contributed by atoms with Gasteiger partial charge in [0.25, 0.3) is 0 Å². The van der Waals surface area contributed by atoms with Crippen LogP contribution < -0.4 is 4.90 Å². The zero-order valence-electron chi connectivity index (χ0n) is 20.2. The number of amides is 1. The summed E-state index contributed by atoms with van der Waals surface area (Å²) in [6.07, 6.45) is 7.29. The second-order valence-electron chi connectivity index (χ2n) is 10.0. The van der Waals surface area contributed by atoms with E-state index in [1.165, 1.54) is 29.5 Å². The van der Waals surface area contributed by atoms with Gasteiger partial charge in [-0.15, -0.1) is 0 Å². The van der Waals surface area contributed by atoms with Gasteiger partial charge >= 0.3 is 0 Å². The molecule has 1 atom stereocenters. The van der Waals surface area contributed by atoms with Crippen molar-refractivity contribution < 1.29 is 9.53 Å². The highest BCUT2D eigenvalue weighted by atomic mass is 16.5. The first-order valence-corrected chi connectivity index (χ1v) is 12.7. The van der Waals surface area contributed by atoms with Crippen molar-refractivity contribution in [2.24, 2.45) is 0 Å². The van der Waals surface area contributed by atoms with Gasteiger partial charge in [0.05, 0.1) is 11.7 Å². The molecule has 2 aromatic heterocycles. The number of hydrogen-bond acceptors (Lipinski definition) is 5. The molecule has 5 heterocycles. The van der Waals surface area contributed by atoms with E-state index in [1.54, 1.807) is 6.92 Å². The topological polar surface area (TPSA) is 63.5 Å². The zero-order chi connectivity index (χ0) is 23.2. The van der Waals surface area contributed by atoms with Crippen LogP contribution in [0.15, 0.2) is 30.5 Å². The van der Waals surface area contributed by atoms with Crippen molar-refractivity contribution in [2.75, 3.05) is 31.2 Å². The summed E-state index contributed by atoms with van der Waals surface area (Å²) in [5, 5.41) is 7.54. The Bertz CT molecular complexity index is 1230. The quantitative estimate of drug-likeness (QED) is 0.583. The zero-order valence-corrected chi connectivity index (χ0v) is 20.2. The first-order chi connectivity index (χ1) is 16.6. The van der Waals surface area contributed by atoms with Gasteiger partial charge in [-0.2, -0.15) is 5.10 Å². The maximum absolute atomic E-state index is 12.2. The van der Waals surface area contributed by atoms with Crippen molar-refractivity contribution in [1.29, 1.82) is 0 Å². The second kappa shape index (κ2) is 8.69. The summed E-state index contributed by atoms with van der Waals surface area (Å²) >= 11 is 0. The molecule has 3 aromatic rings. The number of carbonyl (C=O) groups excluding carboxylic acids is 1. The molecule has 7 heteroatoms. The van der Waals surface area contributed by atoms with Crippen molar-refractivity contribution in [3.05, 3.63) is 41.7 Å². The number of ether oxygens (including phenoxy) is 1. The van der Waals surface area contributed by atoms with Gasteiger partial charge in [0.15, 0.2) is 0 Å². The van der Waals surface area contributed by atoms with E-state index in [2.05, 4.69) is 40.8 Å². The Morgan fingerprint density at radius 2 is 2.00 bits per heavy atom. The van der Waals surface area contributed by atoms with Crippen molar-refractivity contribution >= 4 is 22.5 Å². The molecule has 3 aliphatic heterocycles. The molecule has 0 radical (unpaired) electrons. The minimum Gasteiger partial charge on any atom is -0.381 e. The number of nitrogens with zero attached hydrogens (tertiary/aromatic N) is 5. The summed E-state index contributed by atoms with van der Waals surface area (Å²) in [6, 6.07) is 9.58. The number of benzene rings is 1. The highest BCUT2D eigenvalue weighted by molar-refractivity contribution is 5.97. The predicted octanol–water partition coefficient (Wildman–Crippen LogP) is 4.34. The number of fused-ring (bicyclic) bond motifs is 2. The van der Waals surface area contributed by atoms with Gasteiger partial charge in [-0.05, 0) is 44.1 Å². The van der Waals surface area contributed by atoms with Gasteiger partial charge in [0.2, 0.25) is 5.91 Å². The average molecular weight is 460 g/mol. The molecule has 2 fully saturated rings.